The number of nitrogens with one attached hydrogen (secondary N) is 2. The molecule has 0 aromatic carbocycles. The highest BCUT2D eigenvalue weighted by Gasteiger charge is 1.88. The van der Waals surface area contributed by atoms with Crippen LogP contribution >= 0.6 is 9.39 Å². The maximum absolute atomic E-state index is 9.61. The van der Waals surface area contributed by atoms with E-state index in [4.69, 9.17) is 0 Å². The monoisotopic (exact) mass is 120 g/mol. The number of carbonyl (C=O) groups excluding carboxylic acids is 1. The molecule has 2 unspecified atom stereocenters. The summed E-state index contributed by atoms with van der Waals surface area (Å²) in [6.45, 7) is 1.83. The van der Waals surface area contributed by atoms with Gasteiger partial charge < -0.3 is 5.32 Å². The molecule has 0 spiro atoms. The second-order valence-electron chi connectivity index (χ2n) is 1.17. The fraction of sp³-hybridized carbons (Fsp3) is 0.667. The first kappa shape index (κ1) is 6.86. The molecule has 0 radical (unpaired) electrons. The van der Waals surface area contributed by atoms with Crippen molar-refractivity contribution in [1.82, 2.24) is 10.4 Å². The smallest absolute Gasteiger partial charge is 0.208 e. The Morgan fingerprint density at radius 1 is 1.86 bits per heavy atom. The van der Waals surface area contributed by atoms with E-state index < -0.39 is 0 Å². The molecule has 0 bridgehead atoms. The van der Waals surface area contributed by atoms with E-state index in [1.807, 2.05) is 6.92 Å². The zero-order valence-electron chi connectivity index (χ0n) is 4.14. The molecule has 0 aromatic rings. The number of amides is 1. The third-order valence-electron chi connectivity index (χ3n) is 0.568. The van der Waals surface area contributed by atoms with E-state index in [0.29, 0.717) is 6.41 Å². The molecule has 0 fully saturated rings. The Kier molecular flexibility index (Phi) is 3.95. The average Bonchev–Trinajstić information content (AvgIpc) is 1.68. The summed E-state index contributed by atoms with van der Waals surface area (Å²) in [5.41, 5.74) is 0. The molecule has 0 saturated heterocycles. The van der Waals surface area contributed by atoms with Gasteiger partial charge in [0.25, 0.3) is 0 Å². The molecule has 2 N–H and O–H groups in total. The minimum absolute atomic E-state index is 0.0440. The summed E-state index contributed by atoms with van der Waals surface area (Å²) in [7, 11) is 2.30. The van der Waals surface area contributed by atoms with E-state index >= 15 is 0 Å². The van der Waals surface area contributed by atoms with Crippen LogP contribution in [0.5, 0.6) is 0 Å². The highest BCUT2D eigenvalue weighted by Crippen LogP contribution is 1.74. The molecular formula is C3H9N2OP. The molecule has 2 atom stereocenters. The normalized spacial score (nSPS) is 12.9. The van der Waals surface area contributed by atoms with Gasteiger partial charge in [0.05, 0.1) is 6.17 Å². The second kappa shape index (κ2) is 4.03. The molecule has 0 aliphatic rings. The van der Waals surface area contributed by atoms with Crippen molar-refractivity contribution in [1.29, 1.82) is 0 Å². The SMILES string of the molecule is CC(NP)NC=O. The standard InChI is InChI=1S/C3H9N2OP/c1-3(5-7)4-2-6/h2-3,5H,7H2,1H3,(H,4,6). The number of hydrogen-bond donors (Lipinski definition) is 2. The van der Waals surface area contributed by atoms with Crippen LogP contribution in [0.25, 0.3) is 0 Å². The van der Waals surface area contributed by atoms with Crippen molar-refractivity contribution in [3.8, 4) is 0 Å². The summed E-state index contributed by atoms with van der Waals surface area (Å²) >= 11 is 0. The van der Waals surface area contributed by atoms with Crippen molar-refractivity contribution in [2.45, 2.75) is 13.1 Å². The molecule has 0 aliphatic carbocycles. The minimum Gasteiger partial charge on any atom is -0.343 e. The quantitative estimate of drug-likeness (QED) is 0.298. The third-order valence-corrected chi connectivity index (χ3v) is 1.07. The largest absolute Gasteiger partial charge is 0.343 e. The van der Waals surface area contributed by atoms with Crippen LogP contribution in [0.2, 0.25) is 0 Å². The highest BCUT2D eigenvalue weighted by atomic mass is 31.0. The van der Waals surface area contributed by atoms with E-state index in [9.17, 15) is 4.79 Å². The van der Waals surface area contributed by atoms with Crippen molar-refractivity contribution in [3.63, 3.8) is 0 Å². The Hall–Kier alpha value is -0.140. The molecular weight excluding hydrogens is 111 g/mol. The molecule has 3 nitrogen and oxygen atoms in total. The fourth-order valence-electron chi connectivity index (χ4n) is 0.150. The van der Waals surface area contributed by atoms with Crippen LogP contribution in [-0.4, -0.2) is 12.6 Å². The van der Waals surface area contributed by atoms with Crippen molar-refractivity contribution < 1.29 is 4.79 Å². The predicted octanol–water partition coefficient (Wildman–Crippen LogP) is -0.542. The Morgan fingerprint density at radius 2 is 2.43 bits per heavy atom. The maximum atomic E-state index is 9.61. The van der Waals surface area contributed by atoms with Gasteiger partial charge in [-0.25, -0.2) is 0 Å². The Morgan fingerprint density at radius 3 is 2.57 bits per heavy atom. The average molecular weight is 120 g/mol. The van der Waals surface area contributed by atoms with Crippen molar-refractivity contribution in [3.05, 3.63) is 0 Å². The zero-order chi connectivity index (χ0) is 5.70. The maximum Gasteiger partial charge on any atom is 0.208 e. The first-order valence-electron chi connectivity index (χ1n) is 1.97. The first-order chi connectivity index (χ1) is 3.31. The van der Waals surface area contributed by atoms with Gasteiger partial charge in [-0.1, -0.05) is 9.39 Å². The first-order valence-corrected chi connectivity index (χ1v) is 2.55. The van der Waals surface area contributed by atoms with Gasteiger partial charge in [-0.3, -0.25) is 9.88 Å². The summed E-state index contributed by atoms with van der Waals surface area (Å²) in [5, 5.41) is 5.22. The van der Waals surface area contributed by atoms with E-state index in [2.05, 4.69) is 19.8 Å². The highest BCUT2D eigenvalue weighted by molar-refractivity contribution is 7.13. The zero-order valence-corrected chi connectivity index (χ0v) is 5.29. The topological polar surface area (TPSA) is 41.1 Å². The van der Waals surface area contributed by atoms with Crippen LogP contribution in [0, 0.1) is 0 Å². The molecule has 4 heteroatoms. The van der Waals surface area contributed by atoms with Gasteiger partial charge >= 0.3 is 0 Å². The van der Waals surface area contributed by atoms with Gasteiger partial charge in [-0.05, 0) is 6.92 Å². The molecule has 42 valence electrons. The number of hydrogen-bond acceptors (Lipinski definition) is 2. The lowest BCUT2D eigenvalue weighted by Crippen LogP contribution is -2.32. The van der Waals surface area contributed by atoms with E-state index in [0.717, 1.165) is 0 Å². The Bertz CT molecular complexity index is 58.9. The molecule has 7 heavy (non-hydrogen) atoms. The van der Waals surface area contributed by atoms with E-state index in [1.54, 1.807) is 0 Å². The predicted molar refractivity (Wildman–Crippen MR) is 31.5 cm³/mol. The number of rotatable bonds is 3. The van der Waals surface area contributed by atoms with Gasteiger partial charge in [0.2, 0.25) is 6.41 Å². The van der Waals surface area contributed by atoms with Gasteiger partial charge in [-0.15, -0.1) is 0 Å². The minimum atomic E-state index is 0.0440. The Balaban J connectivity index is 2.98. The van der Waals surface area contributed by atoms with Crippen molar-refractivity contribution >= 4 is 15.8 Å². The summed E-state index contributed by atoms with van der Waals surface area (Å²) in [6.07, 6.45) is 0.698. The molecule has 0 rings (SSSR count). The Labute approximate surface area is 45.1 Å². The van der Waals surface area contributed by atoms with Gasteiger partial charge in [0.15, 0.2) is 0 Å². The van der Waals surface area contributed by atoms with E-state index in [1.165, 1.54) is 0 Å². The molecule has 0 aliphatic heterocycles. The lowest BCUT2D eigenvalue weighted by Gasteiger charge is -2.05. The lowest BCUT2D eigenvalue weighted by molar-refractivity contribution is -0.110. The summed E-state index contributed by atoms with van der Waals surface area (Å²) < 4.78 is 0. The van der Waals surface area contributed by atoms with Gasteiger partial charge in [0.1, 0.15) is 0 Å². The van der Waals surface area contributed by atoms with Crippen molar-refractivity contribution in [2.24, 2.45) is 0 Å². The summed E-state index contributed by atoms with van der Waals surface area (Å²) in [5.74, 6) is 0. The molecule has 1 amide bonds. The summed E-state index contributed by atoms with van der Waals surface area (Å²) in [4.78, 5) is 9.61. The number of carbonyl (C=O) groups is 1. The second-order valence-corrected chi connectivity index (χ2v) is 1.51. The van der Waals surface area contributed by atoms with Gasteiger partial charge in [-0.2, -0.15) is 0 Å². The van der Waals surface area contributed by atoms with Crippen LogP contribution in [0.15, 0.2) is 0 Å². The summed E-state index contributed by atoms with van der Waals surface area (Å²) in [6, 6.07) is 0. The van der Waals surface area contributed by atoms with Crippen LogP contribution in [-0.2, 0) is 4.79 Å². The van der Waals surface area contributed by atoms with Crippen LogP contribution in [0.1, 0.15) is 6.92 Å². The van der Waals surface area contributed by atoms with Gasteiger partial charge in [0, 0.05) is 0 Å². The lowest BCUT2D eigenvalue weighted by atomic mass is 10.6. The van der Waals surface area contributed by atoms with Crippen LogP contribution in [0.4, 0.5) is 0 Å². The molecule has 0 saturated carbocycles. The third kappa shape index (κ3) is 3.70. The van der Waals surface area contributed by atoms with E-state index in [-0.39, 0.29) is 6.17 Å². The molecule has 0 aromatic heterocycles. The van der Waals surface area contributed by atoms with Crippen LogP contribution in [0.3, 0.4) is 0 Å². The molecule has 0 heterocycles. The van der Waals surface area contributed by atoms with Crippen LogP contribution < -0.4 is 10.4 Å². The van der Waals surface area contributed by atoms with Crippen molar-refractivity contribution in [2.75, 3.05) is 0 Å². The fourth-order valence-corrected chi connectivity index (χ4v) is 0.246.